The summed E-state index contributed by atoms with van der Waals surface area (Å²) < 4.78 is 40.3. The molecule has 1 aromatic carbocycles. The molecule has 2 heterocycles. The van der Waals surface area contributed by atoms with Crippen molar-refractivity contribution in [2.75, 3.05) is 31.9 Å². The Morgan fingerprint density at radius 2 is 1.85 bits per heavy atom. The Balaban J connectivity index is 1.54. The lowest BCUT2D eigenvalue weighted by atomic mass is 10.3. The van der Waals surface area contributed by atoms with Crippen molar-refractivity contribution >= 4 is 62.2 Å². The predicted molar refractivity (Wildman–Crippen MR) is 107 cm³/mol. The van der Waals surface area contributed by atoms with Gasteiger partial charge in [-0.05, 0) is 30.3 Å². The fourth-order valence-corrected chi connectivity index (χ4v) is 6.69. The van der Waals surface area contributed by atoms with Gasteiger partial charge < -0.3 is 4.90 Å². The molecule has 1 amide bonds. The molecule has 0 spiro atoms. The van der Waals surface area contributed by atoms with Crippen LogP contribution in [0.4, 0.5) is 4.39 Å². The number of hydrogen-bond donors (Lipinski definition) is 0. The molecule has 1 aromatic heterocycles. The van der Waals surface area contributed by atoms with Gasteiger partial charge in [0.15, 0.2) is 0 Å². The van der Waals surface area contributed by atoms with Crippen molar-refractivity contribution in [3.8, 4) is 0 Å². The number of thiophene rings is 1. The average Bonchev–Trinajstić information content (AvgIpc) is 3.10. The SMILES string of the molecule is O=C(CSc1ccc(F)c(Cl)c1)N1CCN(S(=O)(=O)c2ccc(Cl)s2)CC1. The summed E-state index contributed by atoms with van der Waals surface area (Å²) in [4.78, 5) is 14.7. The summed E-state index contributed by atoms with van der Waals surface area (Å²) in [6, 6.07) is 7.35. The fourth-order valence-electron chi connectivity index (χ4n) is 2.54. The minimum atomic E-state index is -3.58. The second-order valence-electron chi connectivity index (χ2n) is 5.71. The van der Waals surface area contributed by atoms with Crippen LogP contribution < -0.4 is 0 Å². The second kappa shape index (κ2) is 8.67. The van der Waals surface area contributed by atoms with E-state index in [9.17, 15) is 17.6 Å². The number of sulfonamides is 1. The van der Waals surface area contributed by atoms with E-state index in [-0.39, 0.29) is 34.0 Å². The molecule has 11 heteroatoms. The molecule has 146 valence electrons. The van der Waals surface area contributed by atoms with Crippen molar-refractivity contribution in [3.05, 3.63) is 45.5 Å². The minimum Gasteiger partial charge on any atom is -0.339 e. The molecule has 1 saturated heterocycles. The summed E-state index contributed by atoms with van der Waals surface area (Å²) in [6.07, 6.45) is 0. The summed E-state index contributed by atoms with van der Waals surface area (Å²) in [5.74, 6) is -0.428. The van der Waals surface area contributed by atoms with Gasteiger partial charge in [0, 0.05) is 31.1 Å². The lowest BCUT2D eigenvalue weighted by molar-refractivity contribution is -0.129. The Kier molecular flexibility index (Phi) is 6.70. The summed E-state index contributed by atoms with van der Waals surface area (Å²) >= 11 is 13.8. The van der Waals surface area contributed by atoms with Crippen LogP contribution in [0.1, 0.15) is 0 Å². The third kappa shape index (κ3) is 4.96. The van der Waals surface area contributed by atoms with E-state index in [1.807, 2.05) is 0 Å². The second-order valence-corrected chi connectivity index (χ2v) is 11.0. The Bertz CT molecular complexity index is 944. The molecule has 3 rings (SSSR count). The molecule has 1 aliphatic rings. The molecule has 0 bridgehead atoms. The van der Waals surface area contributed by atoms with Crippen LogP contribution in [0.2, 0.25) is 9.36 Å². The third-order valence-electron chi connectivity index (χ3n) is 3.99. The zero-order chi connectivity index (χ0) is 19.6. The molecule has 1 fully saturated rings. The van der Waals surface area contributed by atoms with Crippen molar-refractivity contribution in [2.24, 2.45) is 0 Å². The molecular formula is C16H15Cl2FN2O3S3. The van der Waals surface area contributed by atoms with Crippen molar-refractivity contribution in [2.45, 2.75) is 9.10 Å². The highest BCUT2D eigenvalue weighted by molar-refractivity contribution is 8.00. The van der Waals surface area contributed by atoms with E-state index >= 15 is 0 Å². The molecule has 0 radical (unpaired) electrons. The maximum absolute atomic E-state index is 13.2. The maximum Gasteiger partial charge on any atom is 0.252 e. The van der Waals surface area contributed by atoms with Gasteiger partial charge in [-0.15, -0.1) is 23.1 Å². The van der Waals surface area contributed by atoms with E-state index < -0.39 is 15.8 Å². The summed E-state index contributed by atoms with van der Waals surface area (Å²) in [5.41, 5.74) is 0. The normalized spacial score (nSPS) is 15.9. The Morgan fingerprint density at radius 1 is 1.15 bits per heavy atom. The Labute approximate surface area is 175 Å². The molecule has 0 N–H and O–H groups in total. The average molecular weight is 469 g/mol. The Morgan fingerprint density at radius 3 is 2.44 bits per heavy atom. The van der Waals surface area contributed by atoms with Gasteiger partial charge in [0.05, 0.1) is 15.1 Å². The summed E-state index contributed by atoms with van der Waals surface area (Å²) in [5, 5.41) is 0.0138. The predicted octanol–water partition coefficient (Wildman–Crippen LogP) is 3.82. The smallest absolute Gasteiger partial charge is 0.252 e. The van der Waals surface area contributed by atoms with E-state index in [1.165, 1.54) is 34.3 Å². The standard InChI is InChI=1S/C16H15Cl2FN2O3S3/c17-12-9-11(1-2-13(12)19)25-10-15(22)20-5-7-21(8-6-20)27(23,24)16-4-3-14(18)26-16/h1-4,9H,5-8,10H2. The zero-order valence-electron chi connectivity index (χ0n) is 13.9. The van der Waals surface area contributed by atoms with Crippen LogP contribution in [0, 0.1) is 5.82 Å². The topological polar surface area (TPSA) is 57.7 Å². The quantitative estimate of drug-likeness (QED) is 0.625. The van der Waals surface area contributed by atoms with Crippen molar-refractivity contribution in [1.29, 1.82) is 0 Å². The third-order valence-corrected chi connectivity index (χ3v) is 8.85. The number of thioether (sulfide) groups is 1. The molecular weight excluding hydrogens is 454 g/mol. The van der Waals surface area contributed by atoms with Crippen LogP contribution in [-0.2, 0) is 14.8 Å². The van der Waals surface area contributed by atoms with E-state index in [0.717, 1.165) is 11.3 Å². The molecule has 27 heavy (non-hydrogen) atoms. The van der Waals surface area contributed by atoms with Gasteiger partial charge in [-0.25, -0.2) is 12.8 Å². The van der Waals surface area contributed by atoms with Gasteiger partial charge in [0.1, 0.15) is 10.0 Å². The number of amides is 1. The van der Waals surface area contributed by atoms with Crippen LogP contribution in [0.3, 0.4) is 0 Å². The molecule has 5 nitrogen and oxygen atoms in total. The molecule has 0 saturated carbocycles. The van der Waals surface area contributed by atoms with Crippen molar-refractivity contribution in [1.82, 2.24) is 9.21 Å². The van der Waals surface area contributed by atoms with Gasteiger partial charge >= 0.3 is 0 Å². The fraction of sp³-hybridized carbons (Fsp3) is 0.312. The first-order valence-corrected chi connectivity index (χ1v) is 11.9. The van der Waals surface area contributed by atoms with E-state index in [4.69, 9.17) is 23.2 Å². The van der Waals surface area contributed by atoms with Crippen LogP contribution in [0.15, 0.2) is 39.4 Å². The van der Waals surface area contributed by atoms with Crippen molar-refractivity contribution < 1.29 is 17.6 Å². The van der Waals surface area contributed by atoms with E-state index in [0.29, 0.717) is 22.3 Å². The lowest BCUT2D eigenvalue weighted by Gasteiger charge is -2.33. The first-order chi connectivity index (χ1) is 12.8. The van der Waals surface area contributed by atoms with Crippen LogP contribution >= 0.6 is 46.3 Å². The van der Waals surface area contributed by atoms with Crippen molar-refractivity contribution in [3.63, 3.8) is 0 Å². The van der Waals surface area contributed by atoms with Crippen LogP contribution in [0.25, 0.3) is 0 Å². The first-order valence-electron chi connectivity index (χ1n) is 7.88. The van der Waals surface area contributed by atoms with Gasteiger partial charge in [-0.3, -0.25) is 4.79 Å². The van der Waals surface area contributed by atoms with Gasteiger partial charge in [-0.1, -0.05) is 23.2 Å². The number of benzene rings is 1. The Hall–Kier alpha value is -0.840. The van der Waals surface area contributed by atoms with Gasteiger partial charge in [0.2, 0.25) is 5.91 Å². The van der Waals surface area contributed by atoms with Crippen LogP contribution in [0.5, 0.6) is 0 Å². The van der Waals surface area contributed by atoms with Gasteiger partial charge in [0.25, 0.3) is 10.0 Å². The van der Waals surface area contributed by atoms with E-state index in [1.54, 1.807) is 17.0 Å². The highest BCUT2D eigenvalue weighted by Crippen LogP contribution is 2.29. The monoisotopic (exact) mass is 468 g/mol. The number of rotatable bonds is 5. The largest absolute Gasteiger partial charge is 0.339 e. The number of piperazine rings is 1. The number of halogens is 3. The number of hydrogen-bond acceptors (Lipinski definition) is 5. The zero-order valence-corrected chi connectivity index (χ0v) is 17.9. The summed E-state index contributed by atoms with van der Waals surface area (Å²) in [7, 11) is -3.58. The highest BCUT2D eigenvalue weighted by Gasteiger charge is 2.31. The molecule has 1 aliphatic heterocycles. The number of nitrogens with zero attached hydrogens (tertiary/aromatic N) is 2. The van der Waals surface area contributed by atoms with Gasteiger partial charge in [-0.2, -0.15) is 4.31 Å². The minimum absolute atomic E-state index is 0.0138. The number of carbonyl (C=O) groups excluding carboxylic acids is 1. The molecule has 0 unspecified atom stereocenters. The summed E-state index contributed by atoms with van der Waals surface area (Å²) in [6.45, 7) is 1.11. The first kappa shape index (κ1) is 20.9. The molecule has 0 atom stereocenters. The van der Waals surface area contributed by atoms with Crippen LogP contribution in [-0.4, -0.2) is 55.5 Å². The highest BCUT2D eigenvalue weighted by atomic mass is 35.5. The lowest BCUT2D eigenvalue weighted by Crippen LogP contribution is -2.50. The number of carbonyl (C=O) groups is 1. The molecule has 2 aromatic rings. The molecule has 0 aliphatic carbocycles. The maximum atomic E-state index is 13.2. The van der Waals surface area contributed by atoms with E-state index in [2.05, 4.69) is 0 Å².